The van der Waals surface area contributed by atoms with E-state index in [9.17, 15) is 0 Å². The number of anilines is 1. The van der Waals surface area contributed by atoms with E-state index in [0.29, 0.717) is 25.2 Å². The molecule has 2 N–H and O–H groups in total. The number of hydrogen-bond donors (Lipinski definition) is 2. The number of nitrogens with one attached hydrogen (secondary N) is 2. The number of aromatic nitrogens is 4. The van der Waals surface area contributed by atoms with Crippen molar-refractivity contribution in [2.24, 2.45) is 5.92 Å². The highest BCUT2D eigenvalue weighted by Crippen LogP contribution is 2.37. The summed E-state index contributed by atoms with van der Waals surface area (Å²) in [5.74, 6) is 3.58. The zero-order valence-electron chi connectivity index (χ0n) is 24.7. The van der Waals surface area contributed by atoms with E-state index in [1.54, 1.807) is 14.2 Å². The largest absolute Gasteiger partial charge is 0.497 e. The molecule has 1 aromatic heterocycles. The minimum Gasteiger partial charge on any atom is -0.497 e. The number of ether oxygens (including phenoxy) is 4. The van der Waals surface area contributed by atoms with Crippen LogP contribution in [-0.2, 0) is 16.1 Å². The predicted octanol–water partition coefficient (Wildman–Crippen LogP) is 4.30. The molecule has 2 aliphatic rings. The van der Waals surface area contributed by atoms with Gasteiger partial charge in [0.1, 0.15) is 18.1 Å². The molecule has 0 unspecified atom stereocenters. The van der Waals surface area contributed by atoms with E-state index in [2.05, 4.69) is 75.0 Å². The van der Waals surface area contributed by atoms with Crippen molar-refractivity contribution in [2.75, 3.05) is 52.0 Å². The highest BCUT2D eigenvalue weighted by Gasteiger charge is 2.35. The zero-order chi connectivity index (χ0) is 28.6. The maximum absolute atomic E-state index is 6.68. The molecule has 2 aromatic carbocycles. The lowest BCUT2D eigenvalue weighted by Gasteiger charge is -2.39. The van der Waals surface area contributed by atoms with Crippen LogP contribution < -0.4 is 19.7 Å². The van der Waals surface area contributed by atoms with E-state index in [-0.39, 0.29) is 17.9 Å². The molecular formula is C31H44N6O4. The van der Waals surface area contributed by atoms with Crippen molar-refractivity contribution in [1.82, 2.24) is 25.9 Å². The van der Waals surface area contributed by atoms with Crippen LogP contribution in [0, 0.1) is 5.92 Å². The fourth-order valence-corrected chi connectivity index (χ4v) is 6.10. The molecule has 3 heterocycles. The molecule has 0 saturated carbocycles. The molecule has 10 heteroatoms. The van der Waals surface area contributed by atoms with Gasteiger partial charge in [-0.3, -0.25) is 0 Å². The van der Waals surface area contributed by atoms with Crippen molar-refractivity contribution in [3.8, 4) is 11.5 Å². The lowest BCUT2D eigenvalue weighted by atomic mass is 9.79. The van der Waals surface area contributed by atoms with E-state index in [4.69, 9.17) is 18.9 Å². The summed E-state index contributed by atoms with van der Waals surface area (Å²) in [4.78, 5) is 2.39. The maximum Gasteiger partial charge on any atom is 0.151 e. The SMILES string of the molecule is COCCCN1CCOc2ccc(CO[C@H]3CN[C@@H](C[C@H](c4nnn[nH]4)C(C)C)C[C@@H]3c3ccc(OC)cc3)cc21. The van der Waals surface area contributed by atoms with Gasteiger partial charge in [-0.2, -0.15) is 0 Å². The Morgan fingerprint density at radius 1 is 1.12 bits per heavy atom. The van der Waals surface area contributed by atoms with Gasteiger partial charge in [-0.25, -0.2) is 5.10 Å². The van der Waals surface area contributed by atoms with Gasteiger partial charge in [-0.15, -0.1) is 5.10 Å². The Kier molecular flexibility index (Phi) is 10.1. The Morgan fingerprint density at radius 3 is 2.71 bits per heavy atom. The Labute approximate surface area is 243 Å². The molecule has 41 heavy (non-hydrogen) atoms. The quantitative estimate of drug-likeness (QED) is 0.294. The second-order valence-electron chi connectivity index (χ2n) is 11.4. The fraction of sp³-hybridized carbons (Fsp3) is 0.581. The third-order valence-corrected chi connectivity index (χ3v) is 8.42. The van der Waals surface area contributed by atoms with Crippen molar-refractivity contribution >= 4 is 5.69 Å². The van der Waals surface area contributed by atoms with Gasteiger partial charge in [0.05, 0.1) is 32.1 Å². The van der Waals surface area contributed by atoms with Crippen LogP contribution in [0.3, 0.4) is 0 Å². The summed E-state index contributed by atoms with van der Waals surface area (Å²) in [5, 5.41) is 18.7. The number of tetrazole rings is 1. The molecule has 222 valence electrons. The average molecular weight is 565 g/mol. The standard InChI is InChI=1S/C31H44N6O4/c1-21(2)26(31-33-35-36-34-31)17-24-18-27(23-7-9-25(39-4)10-8-23)30(19-32-24)41-20-22-6-11-29-28(16-22)37(13-15-40-29)12-5-14-38-3/h6-11,16,21,24,26-27,30,32H,5,12-15,17-20H2,1-4H3,(H,33,34,35,36)/t24-,26-,27+,30-/m0/s1. The number of rotatable bonds is 13. The third kappa shape index (κ3) is 7.36. The molecular weight excluding hydrogens is 520 g/mol. The van der Waals surface area contributed by atoms with Crippen LogP contribution in [0.15, 0.2) is 42.5 Å². The lowest BCUT2D eigenvalue weighted by Crippen LogP contribution is -2.47. The Morgan fingerprint density at radius 2 is 1.98 bits per heavy atom. The first-order valence-corrected chi connectivity index (χ1v) is 14.8. The first-order valence-electron chi connectivity index (χ1n) is 14.8. The third-order valence-electron chi connectivity index (χ3n) is 8.42. The molecule has 0 radical (unpaired) electrons. The van der Waals surface area contributed by atoms with Crippen LogP contribution in [0.5, 0.6) is 11.5 Å². The van der Waals surface area contributed by atoms with Crippen molar-refractivity contribution in [1.29, 1.82) is 0 Å². The van der Waals surface area contributed by atoms with Gasteiger partial charge in [0, 0.05) is 44.7 Å². The van der Waals surface area contributed by atoms with E-state index in [0.717, 1.165) is 74.1 Å². The second-order valence-corrected chi connectivity index (χ2v) is 11.4. The number of aromatic amines is 1. The van der Waals surface area contributed by atoms with E-state index < -0.39 is 0 Å². The Hall–Kier alpha value is -3.21. The summed E-state index contributed by atoms with van der Waals surface area (Å²) in [6.45, 7) is 9.07. The predicted molar refractivity (Wildman–Crippen MR) is 158 cm³/mol. The van der Waals surface area contributed by atoms with Crippen molar-refractivity contribution < 1.29 is 18.9 Å². The molecule has 1 fully saturated rings. The molecule has 0 spiro atoms. The molecule has 2 aliphatic heterocycles. The zero-order valence-corrected chi connectivity index (χ0v) is 24.7. The summed E-state index contributed by atoms with van der Waals surface area (Å²) < 4.78 is 23.3. The average Bonchev–Trinajstić information content (AvgIpc) is 3.54. The minimum atomic E-state index is 0.0363. The molecule has 5 rings (SSSR count). The van der Waals surface area contributed by atoms with Crippen molar-refractivity contribution in [3.63, 3.8) is 0 Å². The number of hydrogen-bond acceptors (Lipinski definition) is 9. The molecule has 0 amide bonds. The minimum absolute atomic E-state index is 0.0363. The van der Waals surface area contributed by atoms with Gasteiger partial charge in [-0.1, -0.05) is 32.0 Å². The van der Waals surface area contributed by atoms with Crippen LogP contribution in [0.25, 0.3) is 0 Å². The molecule has 0 bridgehead atoms. The van der Waals surface area contributed by atoms with Gasteiger partial charge >= 0.3 is 0 Å². The van der Waals surface area contributed by atoms with Gasteiger partial charge in [-0.05, 0) is 71.0 Å². The van der Waals surface area contributed by atoms with Crippen LogP contribution in [0.2, 0.25) is 0 Å². The topological polar surface area (TPSA) is 107 Å². The molecule has 4 atom stereocenters. The summed E-state index contributed by atoms with van der Waals surface area (Å²) >= 11 is 0. The monoisotopic (exact) mass is 564 g/mol. The molecule has 10 nitrogen and oxygen atoms in total. The molecule has 3 aromatic rings. The highest BCUT2D eigenvalue weighted by molar-refractivity contribution is 5.61. The van der Waals surface area contributed by atoms with Crippen LogP contribution in [-0.4, -0.2) is 79.8 Å². The van der Waals surface area contributed by atoms with Crippen LogP contribution in [0.4, 0.5) is 5.69 Å². The molecule has 1 saturated heterocycles. The summed E-state index contributed by atoms with van der Waals surface area (Å²) in [5.41, 5.74) is 3.57. The van der Waals surface area contributed by atoms with Crippen molar-refractivity contribution in [2.45, 2.75) is 63.7 Å². The number of fused-ring (bicyclic) bond motifs is 1. The van der Waals surface area contributed by atoms with E-state index in [1.165, 1.54) is 5.56 Å². The highest BCUT2D eigenvalue weighted by atomic mass is 16.5. The smallest absolute Gasteiger partial charge is 0.151 e. The van der Waals surface area contributed by atoms with Gasteiger partial charge in [0.15, 0.2) is 5.82 Å². The lowest BCUT2D eigenvalue weighted by molar-refractivity contribution is 0.00135. The summed E-state index contributed by atoms with van der Waals surface area (Å²) in [6, 6.07) is 15.2. The summed E-state index contributed by atoms with van der Waals surface area (Å²) in [7, 11) is 3.45. The first-order chi connectivity index (χ1) is 20.1. The van der Waals surface area contributed by atoms with Crippen LogP contribution >= 0.6 is 0 Å². The van der Waals surface area contributed by atoms with E-state index in [1.807, 2.05) is 12.1 Å². The van der Waals surface area contributed by atoms with Crippen LogP contribution in [0.1, 0.15) is 61.9 Å². The van der Waals surface area contributed by atoms with E-state index >= 15 is 0 Å². The number of methoxy groups -OCH3 is 2. The van der Waals surface area contributed by atoms with Gasteiger partial charge in [0.25, 0.3) is 0 Å². The first kappa shape index (κ1) is 29.3. The molecule has 0 aliphatic carbocycles. The Bertz CT molecular complexity index is 1210. The summed E-state index contributed by atoms with van der Waals surface area (Å²) in [6.07, 6.45) is 2.94. The van der Waals surface area contributed by atoms with Gasteiger partial charge in [0.2, 0.25) is 0 Å². The number of piperidine rings is 1. The second kappa shape index (κ2) is 14.1. The number of benzene rings is 2. The maximum atomic E-state index is 6.68. The fourth-order valence-electron chi connectivity index (χ4n) is 6.10. The van der Waals surface area contributed by atoms with Crippen molar-refractivity contribution in [3.05, 3.63) is 59.4 Å². The number of H-pyrrole nitrogens is 1. The normalized spacial score (nSPS) is 21.4. The number of nitrogens with zero attached hydrogens (tertiary/aromatic N) is 4. The van der Waals surface area contributed by atoms with Gasteiger partial charge < -0.3 is 29.2 Å². The Balaban J connectivity index is 1.29.